The van der Waals surface area contributed by atoms with E-state index in [0.717, 1.165) is 24.5 Å². The molecule has 0 saturated heterocycles. The van der Waals surface area contributed by atoms with Crippen LogP contribution >= 0.6 is 0 Å². The third kappa shape index (κ3) is 2.52. The zero-order chi connectivity index (χ0) is 15.5. The molecule has 22 heavy (non-hydrogen) atoms. The summed E-state index contributed by atoms with van der Waals surface area (Å²) < 4.78 is 1.80. The van der Waals surface area contributed by atoms with Crippen molar-refractivity contribution >= 4 is 11.6 Å². The second kappa shape index (κ2) is 6.09. The van der Waals surface area contributed by atoms with Crippen LogP contribution < -0.4 is 4.90 Å². The lowest BCUT2D eigenvalue weighted by atomic mass is 10.1. The molecule has 0 aliphatic heterocycles. The Balaban J connectivity index is 2.08. The Hall–Kier alpha value is -2.50. The second-order valence-electron chi connectivity index (χ2n) is 5.18. The van der Waals surface area contributed by atoms with E-state index in [1.54, 1.807) is 17.0 Å². The lowest BCUT2D eigenvalue weighted by Gasteiger charge is -2.30. The van der Waals surface area contributed by atoms with Gasteiger partial charge in [0.15, 0.2) is 0 Å². The Bertz CT molecular complexity index is 752. The van der Waals surface area contributed by atoms with Crippen LogP contribution in [-0.4, -0.2) is 31.1 Å². The van der Waals surface area contributed by atoms with Crippen LogP contribution in [0, 0.1) is 0 Å². The first-order valence-electron chi connectivity index (χ1n) is 7.60. The lowest BCUT2D eigenvalue weighted by Crippen LogP contribution is -2.29. The monoisotopic (exact) mass is 296 g/mol. The highest BCUT2D eigenvalue weighted by Gasteiger charge is 2.19. The highest BCUT2D eigenvalue weighted by molar-refractivity contribution is 5.49. The summed E-state index contributed by atoms with van der Waals surface area (Å²) in [4.78, 5) is 15.3. The van der Waals surface area contributed by atoms with Gasteiger partial charge in [-0.05, 0) is 31.9 Å². The average molecular weight is 296 g/mol. The van der Waals surface area contributed by atoms with Crippen LogP contribution in [0.15, 0.2) is 36.9 Å². The van der Waals surface area contributed by atoms with Crippen molar-refractivity contribution in [2.24, 2.45) is 0 Å². The first-order valence-corrected chi connectivity index (χ1v) is 7.60. The lowest BCUT2D eigenvalue weighted by molar-refractivity contribution is 0.661. The fourth-order valence-corrected chi connectivity index (χ4v) is 2.67. The van der Waals surface area contributed by atoms with Gasteiger partial charge in [0, 0.05) is 30.7 Å². The van der Waals surface area contributed by atoms with Crippen LogP contribution in [0.3, 0.4) is 0 Å². The minimum Gasteiger partial charge on any atom is -0.350 e. The Morgan fingerprint density at radius 3 is 2.86 bits per heavy atom. The Morgan fingerprint density at radius 2 is 2.18 bits per heavy atom. The molecule has 3 aromatic rings. The number of pyridine rings is 1. The zero-order valence-corrected chi connectivity index (χ0v) is 13.1. The van der Waals surface area contributed by atoms with E-state index in [-0.39, 0.29) is 6.04 Å². The number of rotatable bonds is 5. The molecule has 114 valence electrons. The van der Waals surface area contributed by atoms with Gasteiger partial charge in [-0.3, -0.25) is 4.98 Å². The molecule has 0 fully saturated rings. The molecule has 3 rings (SSSR count). The summed E-state index contributed by atoms with van der Waals surface area (Å²) in [6.45, 7) is 7.27. The van der Waals surface area contributed by atoms with Gasteiger partial charge in [0.25, 0.3) is 5.78 Å². The number of hydrogen-bond acceptors (Lipinski definition) is 5. The molecular weight excluding hydrogens is 276 g/mol. The summed E-state index contributed by atoms with van der Waals surface area (Å²) in [5.74, 6) is 1.66. The van der Waals surface area contributed by atoms with Gasteiger partial charge in [0.1, 0.15) is 12.1 Å². The van der Waals surface area contributed by atoms with Crippen LogP contribution in [-0.2, 0) is 6.42 Å². The maximum Gasteiger partial charge on any atom is 0.254 e. The fourth-order valence-electron chi connectivity index (χ4n) is 2.67. The molecule has 6 nitrogen and oxygen atoms in total. The van der Waals surface area contributed by atoms with Crippen molar-refractivity contribution in [2.75, 3.05) is 11.4 Å². The van der Waals surface area contributed by atoms with E-state index in [9.17, 15) is 0 Å². The van der Waals surface area contributed by atoms with E-state index in [2.05, 4.69) is 57.9 Å². The van der Waals surface area contributed by atoms with E-state index in [1.807, 2.05) is 12.3 Å². The Kier molecular flexibility index (Phi) is 4.00. The predicted octanol–water partition coefficient (Wildman–Crippen LogP) is 2.67. The van der Waals surface area contributed by atoms with Crippen LogP contribution in [0.1, 0.15) is 38.1 Å². The quantitative estimate of drug-likeness (QED) is 0.724. The van der Waals surface area contributed by atoms with Crippen molar-refractivity contribution in [3.8, 4) is 0 Å². The van der Waals surface area contributed by atoms with E-state index >= 15 is 0 Å². The number of anilines is 1. The zero-order valence-electron chi connectivity index (χ0n) is 13.1. The normalized spacial score (nSPS) is 12.5. The van der Waals surface area contributed by atoms with Gasteiger partial charge in [0.2, 0.25) is 0 Å². The van der Waals surface area contributed by atoms with E-state index < -0.39 is 0 Å². The van der Waals surface area contributed by atoms with Crippen molar-refractivity contribution in [3.05, 3.63) is 48.2 Å². The summed E-state index contributed by atoms with van der Waals surface area (Å²) in [6.07, 6.45) is 6.13. The molecule has 0 radical (unpaired) electrons. The molecule has 0 N–H and O–H groups in total. The first-order chi connectivity index (χ1) is 10.7. The number of nitrogens with zero attached hydrogens (tertiary/aromatic N) is 6. The van der Waals surface area contributed by atoms with Crippen LogP contribution in [0.2, 0.25) is 0 Å². The molecule has 3 aromatic heterocycles. The Labute approximate surface area is 129 Å². The van der Waals surface area contributed by atoms with Gasteiger partial charge in [-0.2, -0.15) is 14.6 Å². The molecule has 1 unspecified atom stereocenters. The SMILES string of the molecule is CCc1cc(N(CC)C(C)c2cccnc2)n2ncnc2n1. The third-order valence-electron chi connectivity index (χ3n) is 3.92. The minimum absolute atomic E-state index is 0.193. The van der Waals surface area contributed by atoms with E-state index in [0.29, 0.717) is 5.78 Å². The average Bonchev–Trinajstić information content (AvgIpc) is 3.04. The maximum absolute atomic E-state index is 4.51. The van der Waals surface area contributed by atoms with Gasteiger partial charge in [-0.1, -0.05) is 13.0 Å². The summed E-state index contributed by atoms with van der Waals surface area (Å²) in [5.41, 5.74) is 2.19. The smallest absolute Gasteiger partial charge is 0.254 e. The summed E-state index contributed by atoms with van der Waals surface area (Å²) in [7, 11) is 0. The van der Waals surface area contributed by atoms with Crippen LogP contribution in [0.25, 0.3) is 5.78 Å². The summed E-state index contributed by atoms with van der Waals surface area (Å²) in [6, 6.07) is 6.35. The van der Waals surface area contributed by atoms with Gasteiger partial charge in [0.05, 0.1) is 6.04 Å². The second-order valence-corrected chi connectivity index (χ2v) is 5.18. The fraction of sp³-hybridized carbons (Fsp3) is 0.375. The van der Waals surface area contributed by atoms with E-state index in [4.69, 9.17) is 0 Å². The van der Waals surface area contributed by atoms with Crippen molar-refractivity contribution in [1.82, 2.24) is 24.6 Å². The molecular formula is C16H20N6. The topological polar surface area (TPSA) is 59.2 Å². The van der Waals surface area contributed by atoms with Gasteiger partial charge < -0.3 is 4.90 Å². The van der Waals surface area contributed by atoms with Crippen molar-refractivity contribution in [2.45, 2.75) is 33.2 Å². The highest BCUT2D eigenvalue weighted by Crippen LogP contribution is 2.26. The van der Waals surface area contributed by atoms with Crippen LogP contribution in [0.4, 0.5) is 5.82 Å². The highest BCUT2D eigenvalue weighted by atomic mass is 15.4. The van der Waals surface area contributed by atoms with Gasteiger partial charge in [-0.15, -0.1) is 0 Å². The molecule has 0 saturated carbocycles. The van der Waals surface area contributed by atoms with E-state index in [1.165, 1.54) is 5.56 Å². The van der Waals surface area contributed by atoms with Crippen LogP contribution in [0.5, 0.6) is 0 Å². The maximum atomic E-state index is 4.51. The first kappa shape index (κ1) is 14.4. The molecule has 3 heterocycles. The molecule has 0 spiro atoms. The number of hydrogen-bond donors (Lipinski definition) is 0. The number of aromatic nitrogens is 5. The molecule has 0 amide bonds. The summed E-state index contributed by atoms with van der Waals surface area (Å²) in [5, 5.41) is 4.32. The van der Waals surface area contributed by atoms with Crippen molar-refractivity contribution in [3.63, 3.8) is 0 Å². The molecule has 0 aromatic carbocycles. The van der Waals surface area contributed by atoms with Gasteiger partial charge >= 0.3 is 0 Å². The molecule has 0 bridgehead atoms. The van der Waals surface area contributed by atoms with Crippen molar-refractivity contribution in [1.29, 1.82) is 0 Å². The van der Waals surface area contributed by atoms with Crippen molar-refractivity contribution < 1.29 is 0 Å². The number of aryl methyl sites for hydroxylation is 1. The van der Waals surface area contributed by atoms with Gasteiger partial charge in [-0.25, -0.2) is 4.98 Å². The standard InChI is InChI=1S/C16H20N6/c1-4-14-9-15(22-16(20-14)18-11-19-22)21(5-2)12(3)13-7-6-8-17-10-13/h6-12H,4-5H2,1-3H3. The minimum atomic E-state index is 0.193. The molecule has 1 atom stereocenters. The third-order valence-corrected chi connectivity index (χ3v) is 3.92. The molecule has 0 aliphatic carbocycles. The largest absolute Gasteiger partial charge is 0.350 e. The predicted molar refractivity (Wildman–Crippen MR) is 85.8 cm³/mol. The number of fused-ring (bicyclic) bond motifs is 1. The Morgan fingerprint density at radius 1 is 1.32 bits per heavy atom. The molecule has 0 aliphatic rings. The summed E-state index contributed by atoms with van der Waals surface area (Å²) >= 11 is 0. The molecule has 6 heteroatoms.